The lowest BCUT2D eigenvalue weighted by molar-refractivity contribution is 0.0592. The first-order chi connectivity index (χ1) is 45.7. The summed E-state index contributed by atoms with van der Waals surface area (Å²) < 4.78 is 56.5. The number of Topliss-reactive ketones (excluding diaryl/α,β-unsaturated/α-hetero) is 1. The molecule has 5 heterocycles. The number of carboxylic acids is 1. The predicted octanol–water partition coefficient (Wildman–Crippen LogP) is 13.9. The number of carbonyl (C=O) groups excluding carboxylic acids is 3. The monoisotopic (exact) mass is 1320 g/mol. The Morgan fingerprint density at radius 1 is 0.479 bits per heavy atom. The number of halogens is 4. The maximum absolute atomic E-state index is 13.2. The maximum Gasteiger partial charge on any atom is 0.337 e. The van der Waals surface area contributed by atoms with Gasteiger partial charge in [0, 0.05) is 106 Å². The first-order valence-electron chi connectivity index (χ1n) is 28.8. The summed E-state index contributed by atoms with van der Waals surface area (Å²) in [5.74, 6) is 15.4. The van der Waals surface area contributed by atoms with Gasteiger partial charge in [0.1, 0.15) is 17.5 Å². The highest BCUT2D eigenvalue weighted by atomic mass is 79.9. The van der Waals surface area contributed by atoms with Crippen molar-refractivity contribution in [2.75, 3.05) is 20.8 Å². The molecule has 0 saturated heterocycles. The van der Waals surface area contributed by atoms with Crippen molar-refractivity contribution in [3.05, 3.63) is 310 Å². The van der Waals surface area contributed by atoms with E-state index in [0.717, 1.165) is 58.6 Å². The Bertz CT molecular complexity index is 4690. The summed E-state index contributed by atoms with van der Waals surface area (Å²) in [7, 11) is 2.69. The number of hydrogen-bond donors (Lipinski definition) is 1. The van der Waals surface area contributed by atoms with Gasteiger partial charge in [0.15, 0.2) is 5.78 Å². The average Bonchev–Trinajstić information content (AvgIpc) is 1.36. The number of imidazole rings is 4. The molecule has 0 amide bonds. The van der Waals surface area contributed by atoms with Crippen LogP contribution in [-0.4, -0.2) is 94.0 Å². The molecule has 0 radical (unpaired) electrons. The molecular formula is C74H55BrF3N9O7. The fraction of sp³-hybridized carbons (Fsp3) is 0.0946. The molecule has 0 aliphatic carbocycles. The van der Waals surface area contributed by atoms with E-state index in [1.54, 1.807) is 144 Å². The summed E-state index contributed by atoms with van der Waals surface area (Å²) in [5, 5.41) is 9.14. The molecule has 0 bridgehead atoms. The van der Waals surface area contributed by atoms with Gasteiger partial charge < -0.3 is 32.8 Å². The zero-order valence-electron chi connectivity index (χ0n) is 50.4. The molecule has 4 aromatic heterocycles. The van der Waals surface area contributed by atoms with Crippen molar-refractivity contribution in [3.63, 3.8) is 0 Å². The Morgan fingerprint density at radius 3 is 1.22 bits per heavy atom. The summed E-state index contributed by atoms with van der Waals surface area (Å²) in [6.07, 6.45) is 27.8. The molecule has 16 nitrogen and oxygen atoms in total. The van der Waals surface area contributed by atoms with E-state index in [2.05, 4.69) is 87.2 Å². The van der Waals surface area contributed by atoms with Gasteiger partial charge in [-0.3, -0.25) is 9.79 Å². The lowest BCUT2D eigenvalue weighted by atomic mass is 10.00. The third-order valence-electron chi connectivity index (χ3n) is 13.9. The van der Waals surface area contributed by atoms with Gasteiger partial charge in [0.05, 0.1) is 85.5 Å². The van der Waals surface area contributed by atoms with E-state index >= 15 is 0 Å². The van der Waals surface area contributed by atoms with Crippen LogP contribution < -0.4 is 0 Å². The van der Waals surface area contributed by atoms with Gasteiger partial charge in [-0.25, -0.2) is 47.5 Å². The fourth-order valence-corrected chi connectivity index (χ4v) is 9.62. The molecule has 94 heavy (non-hydrogen) atoms. The second-order valence-electron chi connectivity index (χ2n) is 20.2. The first-order valence-corrected chi connectivity index (χ1v) is 29.6. The molecule has 1 aliphatic rings. The number of carbonyl (C=O) groups is 4. The number of allylic oxidation sites excluding steroid dienone is 1. The van der Waals surface area contributed by atoms with Crippen molar-refractivity contribution in [2.45, 2.75) is 25.7 Å². The van der Waals surface area contributed by atoms with E-state index in [0.29, 0.717) is 50.9 Å². The van der Waals surface area contributed by atoms with E-state index in [1.165, 1.54) is 68.3 Å². The summed E-state index contributed by atoms with van der Waals surface area (Å²) in [4.78, 5) is 67.2. The summed E-state index contributed by atoms with van der Waals surface area (Å²) in [5.41, 5.74) is 10.2. The minimum Gasteiger partial charge on any atom is -0.478 e. The first kappa shape index (κ1) is 66.2. The van der Waals surface area contributed by atoms with Crippen molar-refractivity contribution < 1.29 is 46.9 Å². The zero-order chi connectivity index (χ0) is 66.2. The second kappa shape index (κ2) is 33.1. The number of carboxylic acid groups (broad SMARTS) is 1. The van der Waals surface area contributed by atoms with Crippen LogP contribution in [-0.2, 0) is 9.47 Å². The Balaban J connectivity index is 0.000000151. The molecule has 0 unspecified atom stereocenters. The Labute approximate surface area is 547 Å². The van der Waals surface area contributed by atoms with Crippen molar-refractivity contribution in [2.24, 2.45) is 4.99 Å². The van der Waals surface area contributed by atoms with Crippen LogP contribution in [0.5, 0.6) is 0 Å². The number of benzene rings is 7. The molecule has 466 valence electrons. The summed E-state index contributed by atoms with van der Waals surface area (Å²) in [6, 6.07) is 38.4. The van der Waals surface area contributed by atoms with Crippen LogP contribution in [0, 0.1) is 53.0 Å². The number of aromatic carboxylic acids is 1. The zero-order valence-corrected chi connectivity index (χ0v) is 52.0. The number of aromatic nitrogens is 8. The number of unbranched alkanes of at least 4 members (excludes halogenated alkanes) is 1. The van der Waals surface area contributed by atoms with Crippen LogP contribution in [0.25, 0.3) is 22.7 Å². The van der Waals surface area contributed by atoms with Crippen LogP contribution in [0.4, 0.5) is 13.2 Å². The van der Waals surface area contributed by atoms with Crippen LogP contribution in [0.1, 0.15) is 100 Å². The van der Waals surface area contributed by atoms with E-state index < -0.39 is 11.9 Å². The smallest absolute Gasteiger partial charge is 0.337 e. The average molecular weight is 1320 g/mol. The lowest BCUT2D eigenvalue weighted by Gasteiger charge is -2.08. The molecule has 11 aromatic rings. The van der Waals surface area contributed by atoms with Gasteiger partial charge in [0.2, 0.25) is 0 Å². The van der Waals surface area contributed by atoms with Crippen LogP contribution >= 0.6 is 15.9 Å². The topological polar surface area (TPSA) is 191 Å². The predicted molar refractivity (Wildman–Crippen MR) is 353 cm³/mol. The van der Waals surface area contributed by atoms with Gasteiger partial charge >= 0.3 is 17.9 Å². The maximum atomic E-state index is 13.2. The summed E-state index contributed by atoms with van der Waals surface area (Å²) >= 11 is 3.41. The molecule has 0 spiro atoms. The Kier molecular flexibility index (Phi) is 23.3. The molecule has 12 rings (SSSR count). The number of methoxy groups -OCH3 is 2. The van der Waals surface area contributed by atoms with Crippen LogP contribution in [0.2, 0.25) is 0 Å². The van der Waals surface area contributed by atoms with E-state index in [4.69, 9.17) is 9.84 Å². The van der Waals surface area contributed by atoms with Crippen LogP contribution in [0.3, 0.4) is 0 Å². The Hall–Kier alpha value is -12.2. The third kappa shape index (κ3) is 18.7. The van der Waals surface area contributed by atoms with E-state index in [-0.39, 0.29) is 34.8 Å². The number of hydrogen-bond acceptors (Lipinski definition) is 11. The quantitative estimate of drug-likeness (QED) is 0.0500. The van der Waals surface area contributed by atoms with Crippen molar-refractivity contribution in [1.29, 1.82) is 0 Å². The molecule has 0 atom stereocenters. The molecule has 7 aromatic carbocycles. The fourth-order valence-electron chi connectivity index (χ4n) is 9.04. The second-order valence-corrected chi connectivity index (χ2v) is 21.1. The number of ether oxygens (including phenoxy) is 2. The number of ketones is 1. The molecule has 1 aliphatic heterocycles. The minimum atomic E-state index is -1.02. The lowest BCUT2D eigenvalue weighted by Crippen LogP contribution is -2.03. The van der Waals surface area contributed by atoms with Gasteiger partial charge in [-0.05, 0) is 186 Å². The number of nitrogens with zero attached hydrogens (tertiary/aromatic N) is 9. The van der Waals surface area contributed by atoms with Gasteiger partial charge in [-0.2, -0.15) is 0 Å². The van der Waals surface area contributed by atoms with E-state index in [9.17, 15) is 32.3 Å². The van der Waals surface area contributed by atoms with Gasteiger partial charge in [-0.15, -0.1) is 0 Å². The molecular weight excluding hydrogens is 1260 g/mol. The SMILES string of the molecule is COC(=O)c1ccc(-n2ccnc2)c(Br)c1.COC(=O)c1ccc(-n2ccnc2)c(C#Cc2ccc(F)cc2)c1.O=C(CCCCC1=CCN=C1)c1ccc(-n2ccnc2)c(C#Cc2ccc(F)cc2)c1.O=C(O)c1ccc(-n2ccnc2)c(C#Cc2ccc(F)cc2)c1. The number of esters is 2. The highest BCUT2D eigenvalue weighted by molar-refractivity contribution is 9.10. The Morgan fingerprint density at radius 2 is 0.851 bits per heavy atom. The standard InChI is InChI=1S/C26H22FN3O.C19H13FN2O2.C18H11FN2O2.C11H9BrN2O2/c27-24-10-6-20(7-11-24)5-8-22-17-23(9-12-25(22)30-16-15-29-19-30)26(31)4-2-1-3-21-13-14-28-18-21;1-24-19(23)16-6-9-18(22-11-10-21-13-22)15(12-16)5-2-14-3-7-17(20)8-4-14;19-16-6-2-13(3-7-16)1-4-14-11-15(18(22)23)5-8-17(14)21-10-9-20-12-21;1-16-11(15)8-2-3-10(9(12)6-8)14-5-4-13-7-14/h6-7,9-13,15-19H,1-4,14H2;3-4,6-13H,1H3;2-3,5-12H,(H,22,23);2-7H,1H3. The molecule has 20 heteroatoms. The van der Waals surface area contributed by atoms with Crippen molar-refractivity contribution in [3.8, 4) is 58.3 Å². The highest BCUT2D eigenvalue weighted by Gasteiger charge is 2.14. The normalized spacial score (nSPS) is 10.8. The van der Waals surface area contributed by atoms with Crippen molar-refractivity contribution in [1.82, 2.24) is 38.2 Å². The molecule has 1 N–H and O–H groups in total. The van der Waals surface area contributed by atoms with Crippen LogP contribution in [0.15, 0.2) is 242 Å². The molecule has 0 saturated carbocycles. The van der Waals surface area contributed by atoms with E-state index in [1.807, 2.05) is 52.0 Å². The van der Waals surface area contributed by atoms with Gasteiger partial charge in [0.25, 0.3) is 0 Å². The minimum absolute atomic E-state index is 0.107. The highest BCUT2D eigenvalue weighted by Crippen LogP contribution is 2.24. The summed E-state index contributed by atoms with van der Waals surface area (Å²) in [6.45, 7) is 0.777. The number of aliphatic imine (C=N–C) groups is 1. The number of rotatable bonds is 13. The van der Waals surface area contributed by atoms with Gasteiger partial charge in [-0.1, -0.05) is 41.6 Å². The third-order valence-corrected chi connectivity index (χ3v) is 14.5. The van der Waals surface area contributed by atoms with Crippen molar-refractivity contribution >= 4 is 45.8 Å². The largest absolute Gasteiger partial charge is 0.478 e. The molecule has 0 fully saturated rings.